The molecule has 2 bridgehead atoms. The van der Waals surface area contributed by atoms with Crippen LogP contribution in [0.4, 0.5) is 5.69 Å². The topological polar surface area (TPSA) is 40.5 Å². The molecule has 2 saturated heterocycles. The molecule has 0 aromatic heterocycles. The van der Waals surface area contributed by atoms with Crippen LogP contribution >= 0.6 is 15.9 Å². The molecule has 2 fully saturated rings. The molecule has 4 heteroatoms. The molecular weight excluding hydrogens is 318 g/mol. The fraction of sp³-hybridized carbons (Fsp3) is 0.562. The molecule has 0 amide bonds. The van der Waals surface area contributed by atoms with Crippen molar-refractivity contribution in [3.8, 4) is 0 Å². The Hall–Kier alpha value is -1.03. The monoisotopic (exact) mass is 337 g/mol. The lowest BCUT2D eigenvalue weighted by molar-refractivity contribution is -0.138. The van der Waals surface area contributed by atoms with Gasteiger partial charge in [-0.1, -0.05) is 15.9 Å². The van der Waals surface area contributed by atoms with Gasteiger partial charge in [0.2, 0.25) is 0 Å². The zero-order valence-electron chi connectivity index (χ0n) is 11.7. The van der Waals surface area contributed by atoms with Crippen LogP contribution in [-0.2, 0) is 4.79 Å². The van der Waals surface area contributed by atoms with Crippen molar-refractivity contribution in [3.63, 3.8) is 0 Å². The lowest BCUT2D eigenvalue weighted by Crippen LogP contribution is -2.43. The van der Waals surface area contributed by atoms with Gasteiger partial charge in [0.25, 0.3) is 0 Å². The summed E-state index contributed by atoms with van der Waals surface area (Å²) in [4.78, 5) is 13.5. The van der Waals surface area contributed by atoms with Crippen LogP contribution in [0.25, 0.3) is 0 Å². The molecule has 0 spiro atoms. The first-order valence-electron chi connectivity index (χ1n) is 7.31. The molecule has 2 aliphatic rings. The average Bonchev–Trinajstić information content (AvgIpc) is 2.62. The second kappa shape index (κ2) is 5.40. The van der Waals surface area contributed by atoms with Crippen LogP contribution in [-0.4, -0.2) is 23.2 Å². The lowest BCUT2D eigenvalue weighted by Gasteiger charge is -2.41. The second-order valence-corrected chi connectivity index (χ2v) is 7.07. The summed E-state index contributed by atoms with van der Waals surface area (Å²) in [6.07, 6.45) is 4.79. The predicted molar refractivity (Wildman–Crippen MR) is 83.1 cm³/mol. The number of carboxylic acid groups (broad SMARTS) is 1. The normalized spacial score (nSPS) is 28.7. The minimum Gasteiger partial charge on any atom is -0.481 e. The Morgan fingerprint density at radius 2 is 2.00 bits per heavy atom. The van der Waals surface area contributed by atoms with E-state index < -0.39 is 5.97 Å². The SMILES string of the molecule is Cc1cc(Br)ccc1N1C2CCC1CC(CC(=O)O)C2. The number of aryl methyl sites for hydroxylation is 1. The van der Waals surface area contributed by atoms with Crippen molar-refractivity contribution in [3.05, 3.63) is 28.2 Å². The van der Waals surface area contributed by atoms with Crippen molar-refractivity contribution in [1.82, 2.24) is 0 Å². The molecule has 2 unspecified atom stereocenters. The van der Waals surface area contributed by atoms with E-state index in [2.05, 4.69) is 46.0 Å². The van der Waals surface area contributed by atoms with E-state index in [4.69, 9.17) is 5.11 Å². The van der Waals surface area contributed by atoms with Crippen LogP contribution < -0.4 is 4.90 Å². The van der Waals surface area contributed by atoms with Crippen LogP contribution in [0.3, 0.4) is 0 Å². The third kappa shape index (κ3) is 2.58. The molecule has 0 aliphatic carbocycles. The van der Waals surface area contributed by atoms with Crippen molar-refractivity contribution >= 4 is 27.6 Å². The highest BCUT2D eigenvalue weighted by Gasteiger charge is 2.41. The van der Waals surface area contributed by atoms with Gasteiger partial charge in [0, 0.05) is 28.7 Å². The number of carbonyl (C=O) groups is 1. The minimum absolute atomic E-state index is 0.333. The number of fused-ring (bicyclic) bond motifs is 2. The van der Waals surface area contributed by atoms with Crippen LogP contribution in [0.5, 0.6) is 0 Å². The number of hydrogen-bond acceptors (Lipinski definition) is 2. The maximum atomic E-state index is 10.9. The second-order valence-electron chi connectivity index (χ2n) is 6.16. The fourth-order valence-electron chi connectivity index (χ4n) is 4.01. The number of benzene rings is 1. The number of anilines is 1. The molecule has 20 heavy (non-hydrogen) atoms. The third-order valence-corrected chi connectivity index (χ3v) is 5.22. The first kappa shape index (κ1) is 13.9. The van der Waals surface area contributed by atoms with Gasteiger partial charge < -0.3 is 10.0 Å². The van der Waals surface area contributed by atoms with Gasteiger partial charge in [-0.3, -0.25) is 4.79 Å². The number of halogens is 1. The van der Waals surface area contributed by atoms with E-state index in [1.54, 1.807) is 0 Å². The molecule has 108 valence electrons. The lowest BCUT2D eigenvalue weighted by atomic mass is 9.87. The highest BCUT2D eigenvalue weighted by Crippen LogP contribution is 2.43. The number of aliphatic carboxylic acids is 1. The zero-order chi connectivity index (χ0) is 14.3. The van der Waals surface area contributed by atoms with E-state index in [0.717, 1.165) is 17.3 Å². The number of piperidine rings is 1. The van der Waals surface area contributed by atoms with E-state index in [-0.39, 0.29) is 0 Å². The highest BCUT2D eigenvalue weighted by molar-refractivity contribution is 9.10. The molecule has 3 nitrogen and oxygen atoms in total. The van der Waals surface area contributed by atoms with Gasteiger partial charge in [-0.05, 0) is 62.3 Å². The molecule has 2 atom stereocenters. The molecule has 0 radical (unpaired) electrons. The van der Waals surface area contributed by atoms with Crippen LogP contribution in [0.2, 0.25) is 0 Å². The van der Waals surface area contributed by atoms with E-state index in [0.29, 0.717) is 24.4 Å². The first-order chi connectivity index (χ1) is 9.54. The Kier molecular flexibility index (Phi) is 3.76. The predicted octanol–water partition coefficient (Wildman–Crippen LogP) is 3.98. The summed E-state index contributed by atoms with van der Waals surface area (Å²) in [5, 5.41) is 9.00. The van der Waals surface area contributed by atoms with Crippen molar-refractivity contribution in [2.75, 3.05) is 4.90 Å². The van der Waals surface area contributed by atoms with Gasteiger partial charge in [0.15, 0.2) is 0 Å². The molecule has 2 heterocycles. The number of nitrogens with zero attached hydrogens (tertiary/aromatic N) is 1. The molecule has 3 rings (SSSR count). The van der Waals surface area contributed by atoms with E-state index in [9.17, 15) is 4.79 Å². The van der Waals surface area contributed by atoms with Crippen LogP contribution in [0, 0.1) is 12.8 Å². The Balaban J connectivity index is 1.81. The van der Waals surface area contributed by atoms with E-state index in [1.807, 2.05) is 0 Å². The van der Waals surface area contributed by atoms with Gasteiger partial charge in [0.05, 0.1) is 0 Å². The molecule has 1 aromatic rings. The van der Waals surface area contributed by atoms with E-state index in [1.165, 1.54) is 24.1 Å². The average molecular weight is 338 g/mol. The van der Waals surface area contributed by atoms with Crippen LogP contribution in [0.15, 0.2) is 22.7 Å². The van der Waals surface area contributed by atoms with Crippen molar-refractivity contribution in [1.29, 1.82) is 0 Å². The van der Waals surface area contributed by atoms with E-state index >= 15 is 0 Å². The Labute approximate surface area is 128 Å². The maximum Gasteiger partial charge on any atom is 0.303 e. The van der Waals surface area contributed by atoms with Crippen molar-refractivity contribution < 1.29 is 9.90 Å². The van der Waals surface area contributed by atoms with Gasteiger partial charge in [0.1, 0.15) is 0 Å². The van der Waals surface area contributed by atoms with Gasteiger partial charge >= 0.3 is 5.97 Å². The number of rotatable bonds is 3. The first-order valence-corrected chi connectivity index (χ1v) is 8.10. The highest BCUT2D eigenvalue weighted by atomic mass is 79.9. The minimum atomic E-state index is -0.650. The summed E-state index contributed by atoms with van der Waals surface area (Å²) in [5.41, 5.74) is 2.63. The van der Waals surface area contributed by atoms with Gasteiger partial charge in [-0.2, -0.15) is 0 Å². The summed E-state index contributed by atoms with van der Waals surface area (Å²) in [6, 6.07) is 7.52. The zero-order valence-corrected chi connectivity index (χ0v) is 13.3. The Morgan fingerprint density at radius 1 is 1.35 bits per heavy atom. The van der Waals surface area contributed by atoms with Crippen molar-refractivity contribution in [2.45, 2.75) is 51.1 Å². The summed E-state index contributed by atoms with van der Waals surface area (Å²) in [5.74, 6) is -0.292. The van der Waals surface area contributed by atoms with Gasteiger partial charge in [-0.25, -0.2) is 0 Å². The maximum absolute atomic E-state index is 10.9. The molecule has 1 aromatic carbocycles. The van der Waals surface area contributed by atoms with Crippen LogP contribution in [0.1, 0.15) is 37.7 Å². The Bertz CT molecular complexity index is 517. The fourth-order valence-corrected chi connectivity index (χ4v) is 4.48. The number of carboxylic acids is 1. The standard InChI is InChI=1S/C16H20BrNO2/c1-10-6-12(17)2-5-15(10)18-13-3-4-14(18)8-11(7-13)9-16(19)20/h2,5-6,11,13-14H,3-4,7-9H2,1H3,(H,19,20). The summed E-state index contributed by atoms with van der Waals surface area (Å²) in [7, 11) is 0. The smallest absolute Gasteiger partial charge is 0.303 e. The molecule has 1 N–H and O–H groups in total. The Morgan fingerprint density at radius 3 is 2.55 bits per heavy atom. The quantitative estimate of drug-likeness (QED) is 0.906. The summed E-state index contributed by atoms with van der Waals surface area (Å²) >= 11 is 3.52. The summed E-state index contributed by atoms with van der Waals surface area (Å²) in [6.45, 7) is 2.16. The van der Waals surface area contributed by atoms with Crippen molar-refractivity contribution in [2.24, 2.45) is 5.92 Å². The third-order valence-electron chi connectivity index (χ3n) is 4.73. The van der Waals surface area contributed by atoms with Gasteiger partial charge in [-0.15, -0.1) is 0 Å². The molecule has 2 aliphatic heterocycles. The largest absolute Gasteiger partial charge is 0.481 e. The molecular formula is C16H20BrNO2. The molecule has 0 saturated carbocycles. The summed E-state index contributed by atoms with van der Waals surface area (Å²) < 4.78 is 1.12. The number of hydrogen-bond donors (Lipinski definition) is 1.